The highest BCUT2D eigenvalue weighted by Crippen LogP contribution is 2.22. The maximum Gasteiger partial charge on any atom is 0.262 e. The zero-order valence-electron chi connectivity index (χ0n) is 15.4. The predicted molar refractivity (Wildman–Crippen MR) is 104 cm³/mol. The van der Waals surface area contributed by atoms with Crippen LogP contribution in [0.15, 0.2) is 34.2 Å². The van der Waals surface area contributed by atoms with Gasteiger partial charge < -0.3 is 5.32 Å². The summed E-state index contributed by atoms with van der Waals surface area (Å²) in [5, 5.41) is 4.25. The molecule has 0 fully saturated rings. The number of amides is 1. The largest absolute Gasteiger partial charge is 0.353 e. The van der Waals surface area contributed by atoms with Gasteiger partial charge in [0.05, 0.1) is 16.7 Å². The molecule has 1 unspecified atom stereocenters. The van der Waals surface area contributed by atoms with Crippen LogP contribution < -0.4 is 10.9 Å². The fourth-order valence-electron chi connectivity index (χ4n) is 2.69. The van der Waals surface area contributed by atoms with E-state index < -0.39 is 0 Å². The molecule has 1 aromatic heterocycles. The van der Waals surface area contributed by atoms with Gasteiger partial charge >= 0.3 is 0 Å². The minimum atomic E-state index is -0.0390. The maximum atomic E-state index is 12.9. The topological polar surface area (TPSA) is 64.0 Å². The van der Waals surface area contributed by atoms with Crippen molar-refractivity contribution < 1.29 is 4.79 Å². The summed E-state index contributed by atoms with van der Waals surface area (Å²) in [5.74, 6) is 0.245. The third-order valence-corrected chi connectivity index (χ3v) is 5.44. The molecule has 25 heavy (non-hydrogen) atoms. The molecule has 0 saturated heterocycles. The Balaban J connectivity index is 2.30. The number of nitrogens with zero attached hydrogens (tertiary/aromatic N) is 2. The Kier molecular flexibility index (Phi) is 7.05. The first-order valence-electron chi connectivity index (χ1n) is 8.95. The van der Waals surface area contributed by atoms with E-state index in [1.54, 1.807) is 10.6 Å². The molecule has 0 bridgehead atoms. The zero-order chi connectivity index (χ0) is 18.4. The average Bonchev–Trinajstić information content (AvgIpc) is 2.64. The van der Waals surface area contributed by atoms with E-state index in [0.717, 1.165) is 19.3 Å². The molecule has 0 radical (unpaired) electrons. The highest BCUT2D eigenvalue weighted by molar-refractivity contribution is 7.99. The number of hydrogen-bond donors (Lipinski definition) is 1. The average molecular weight is 362 g/mol. The highest BCUT2D eigenvalue weighted by atomic mass is 32.2. The van der Waals surface area contributed by atoms with Gasteiger partial charge in [0, 0.05) is 12.1 Å². The van der Waals surface area contributed by atoms with E-state index in [9.17, 15) is 9.59 Å². The number of rotatable bonds is 8. The molecule has 1 amide bonds. The molecule has 1 atom stereocenters. The number of aromatic nitrogens is 2. The first-order valence-corrected chi connectivity index (χ1v) is 9.93. The molecule has 6 heteroatoms. The Morgan fingerprint density at radius 3 is 2.52 bits per heavy atom. The Morgan fingerprint density at radius 1 is 1.20 bits per heavy atom. The van der Waals surface area contributed by atoms with E-state index in [1.807, 2.05) is 32.0 Å². The van der Waals surface area contributed by atoms with E-state index in [-0.39, 0.29) is 29.3 Å². The van der Waals surface area contributed by atoms with Crippen LogP contribution in [0.2, 0.25) is 0 Å². The fraction of sp³-hybridized carbons (Fsp3) is 0.526. The third-order valence-electron chi connectivity index (χ3n) is 4.49. The fourth-order valence-corrected chi connectivity index (χ4v) is 3.60. The van der Waals surface area contributed by atoms with Crippen LogP contribution in [0.4, 0.5) is 0 Å². The number of hydrogen-bond acceptors (Lipinski definition) is 4. The lowest BCUT2D eigenvalue weighted by Crippen LogP contribution is -2.35. The molecular formula is C19H27N3O2S. The summed E-state index contributed by atoms with van der Waals surface area (Å²) in [7, 11) is 0. The lowest BCUT2D eigenvalue weighted by Gasteiger charge is -2.19. The Bertz CT molecular complexity index is 784. The van der Waals surface area contributed by atoms with E-state index in [0.29, 0.717) is 16.1 Å². The predicted octanol–water partition coefficient (Wildman–Crippen LogP) is 3.76. The van der Waals surface area contributed by atoms with Crippen molar-refractivity contribution in [2.45, 2.75) is 64.2 Å². The Morgan fingerprint density at radius 2 is 1.88 bits per heavy atom. The van der Waals surface area contributed by atoms with Crippen molar-refractivity contribution >= 4 is 28.6 Å². The van der Waals surface area contributed by atoms with Crippen molar-refractivity contribution in [1.82, 2.24) is 14.9 Å². The van der Waals surface area contributed by atoms with Gasteiger partial charge in [0.25, 0.3) is 5.56 Å². The summed E-state index contributed by atoms with van der Waals surface area (Å²) < 4.78 is 1.72. The van der Waals surface area contributed by atoms with Crippen LogP contribution in [0.3, 0.4) is 0 Å². The lowest BCUT2D eigenvalue weighted by atomic mass is 10.2. The van der Waals surface area contributed by atoms with Crippen LogP contribution in [0.1, 0.15) is 53.0 Å². The monoisotopic (exact) mass is 361 g/mol. The zero-order valence-corrected chi connectivity index (χ0v) is 16.2. The van der Waals surface area contributed by atoms with Crippen molar-refractivity contribution in [3.8, 4) is 0 Å². The minimum Gasteiger partial charge on any atom is -0.353 e. The molecule has 0 saturated carbocycles. The van der Waals surface area contributed by atoms with Crippen molar-refractivity contribution in [3.63, 3.8) is 0 Å². The van der Waals surface area contributed by atoms with Gasteiger partial charge in [0.1, 0.15) is 0 Å². The molecule has 1 heterocycles. The molecule has 2 aromatic rings. The van der Waals surface area contributed by atoms with Gasteiger partial charge in [-0.2, -0.15) is 0 Å². The Hall–Kier alpha value is -1.82. The second-order valence-electron chi connectivity index (χ2n) is 6.21. The lowest BCUT2D eigenvalue weighted by molar-refractivity contribution is -0.119. The molecule has 0 aliphatic rings. The molecule has 2 rings (SSSR count). The van der Waals surface area contributed by atoms with Crippen LogP contribution in [-0.4, -0.2) is 27.3 Å². The maximum absolute atomic E-state index is 12.9. The number of carbonyl (C=O) groups excluding carboxylic acids is 1. The summed E-state index contributed by atoms with van der Waals surface area (Å²) in [6, 6.07) is 7.60. The molecule has 5 nitrogen and oxygen atoms in total. The molecule has 0 aliphatic heterocycles. The number of para-hydroxylation sites is 1. The SMILES string of the molecule is CCC(CC)NC(=O)CSc1nc2ccccc2c(=O)n1C(C)CC. The molecule has 136 valence electrons. The second-order valence-corrected chi connectivity index (χ2v) is 7.16. The van der Waals surface area contributed by atoms with E-state index in [4.69, 9.17) is 0 Å². The normalized spacial score (nSPS) is 12.5. The Labute approximate surface area is 153 Å². The van der Waals surface area contributed by atoms with Crippen molar-refractivity contribution in [1.29, 1.82) is 0 Å². The summed E-state index contributed by atoms with van der Waals surface area (Å²) in [6.45, 7) is 8.17. The number of carbonyl (C=O) groups is 1. The van der Waals surface area contributed by atoms with Crippen LogP contribution in [0, 0.1) is 0 Å². The number of thioether (sulfide) groups is 1. The summed E-state index contributed by atoms with van der Waals surface area (Å²) in [6.07, 6.45) is 2.66. The van der Waals surface area contributed by atoms with E-state index in [2.05, 4.69) is 24.1 Å². The first kappa shape index (κ1) is 19.5. The van der Waals surface area contributed by atoms with Gasteiger partial charge in [0.2, 0.25) is 5.91 Å². The number of benzene rings is 1. The van der Waals surface area contributed by atoms with E-state index in [1.165, 1.54) is 11.8 Å². The van der Waals surface area contributed by atoms with Crippen molar-refractivity contribution in [3.05, 3.63) is 34.6 Å². The number of fused-ring (bicyclic) bond motifs is 1. The van der Waals surface area contributed by atoms with Crippen molar-refractivity contribution in [2.24, 2.45) is 0 Å². The smallest absolute Gasteiger partial charge is 0.262 e. The molecule has 0 aliphatic carbocycles. The van der Waals surface area contributed by atoms with Crippen LogP contribution in [0.25, 0.3) is 10.9 Å². The van der Waals surface area contributed by atoms with Gasteiger partial charge in [-0.15, -0.1) is 0 Å². The van der Waals surface area contributed by atoms with Gasteiger partial charge in [-0.3, -0.25) is 14.2 Å². The summed E-state index contributed by atoms with van der Waals surface area (Å²) in [5.41, 5.74) is 0.637. The van der Waals surface area contributed by atoms with Crippen LogP contribution in [0.5, 0.6) is 0 Å². The van der Waals surface area contributed by atoms with Gasteiger partial charge in [-0.25, -0.2) is 4.98 Å². The molecule has 0 spiro atoms. The minimum absolute atomic E-state index is 0.0168. The second kappa shape index (κ2) is 9.04. The third kappa shape index (κ3) is 4.63. The standard InChI is InChI=1S/C19H27N3O2S/c1-5-13(4)22-18(24)15-10-8-9-11-16(15)21-19(22)25-12-17(23)20-14(6-2)7-3/h8-11,13-14H,5-7,12H2,1-4H3,(H,20,23). The molecular weight excluding hydrogens is 334 g/mol. The van der Waals surface area contributed by atoms with Gasteiger partial charge in [-0.1, -0.05) is 44.7 Å². The summed E-state index contributed by atoms with van der Waals surface area (Å²) in [4.78, 5) is 29.7. The quantitative estimate of drug-likeness (QED) is 0.574. The molecule has 1 N–H and O–H groups in total. The highest BCUT2D eigenvalue weighted by Gasteiger charge is 2.17. The van der Waals surface area contributed by atoms with Crippen LogP contribution in [-0.2, 0) is 4.79 Å². The van der Waals surface area contributed by atoms with Crippen molar-refractivity contribution in [2.75, 3.05) is 5.75 Å². The molecule has 1 aromatic carbocycles. The van der Waals surface area contributed by atoms with Gasteiger partial charge in [0.15, 0.2) is 5.16 Å². The summed E-state index contributed by atoms with van der Waals surface area (Å²) >= 11 is 1.33. The van der Waals surface area contributed by atoms with Crippen LogP contribution >= 0.6 is 11.8 Å². The first-order chi connectivity index (χ1) is 12.0. The van der Waals surface area contributed by atoms with E-state index >= 15 is 0 Å². The van der Waals surface area contributed by atoms with Gasteiger partial charge in [-0.05, 0) is 38.3 Å². The number of nitrogens with one attached hydrogen (secondary N) is 1.